The van der Waals surface area contributed by atoms with Crippen molar-refractivity contribution in [3.05, 3.63) is 29.6 Å². The summed E-state index contributed by atoms with van der Waals surface area (Å²) in [7, 11) is 0. The Hall–Kier alpha value is -0.990. The molecule has 0 aromatic carbocycles. The first kappa shape index (κ1) is 12.0. The molecule has 0 amide bonds. The van der Waals surface area contributed by atoms with Gasteiger partial charge in [-0.25, -0.2) is 8.78 Å². The molecule has 0 fully saturated rings. The molecule has 0 saturated heterocycles. The van der Waals surface area contributed by atoms with Crippen LogP contribution in [0.2, 0.25) is 0 Å². The molecule has 0 unspecified atom stereocenters. The number of alkyl halides is 2. The SMILES string of the molecule is CC.CCc1cncc(C(F)F)c1. The van der Waals surface area contributed by atoms with E-state index in [1.165, 1.54) is 12.3 Å². The van der Waals surface area contributed by atoms with Gasteiger partial charge in [-0.05, 0) is 18.1 Å². The van der Waals surface area contributed by atoms with Crippen LogP contribution in [-0.4, -0.2) is 4.98 Å². The lowest BCUT2D eigenvalue weighted by Gasteiger charge is -1.99. The van der Waals surface area contributed by atoms with Gasteiger partial charge in [0.1, 0.15) is 0 Å². The zero-order valence-electron chi connectivity index (χ0n) is 8.22. The van der Waals surface area contributed by atoms with Crippen molar-refractivity contribution in [2.24, 2.45) is 0 Å². The molecule has 1 aromatic rings. The third kappa shape index (κ3) is 3.97. The minimum absolute atomic E-state index is 0.00403. The number of rotatable bonds is 2. The molecule has 3 heteroatoms. The molecule has 13 heavy (non-hydrogen) atoms. The lowest BCUT2D eigenvalue weighted by atomic mass is 10.2. The van der Waals surface area contributed by atoms with Crippen LogP contribution in [0.4, 0.5) is 8.78 Å². The highest BCUT2D eigenvalue weighted by atomic mass is 19.3. The molecule has 0 saturated carbocycles. The number of aromatic nitrogens is 1. The monoisotopic (exact) mass is 187 g/mol. The Morgan fingerprint density at radius 3 is 2.38 bits per heavy atom. The smallest absolute Gasteiger partial charge is 0.264 e. The van der Waals surface area contributed by atoms with Crippen LogP contribution in [0.25, 0.3) is 0 Å². The minimum atomic E-state index is -2.41. The first-order valence-corrected chi connectivity index (χ1v) is 4.46. The lowest BCUT2D eigenvalue weighted by molar-refractivity contribution is 0.151. The summed E-state index contributed by atoms with van der Waals surface area (Å²) >= 11 is 0. The fourth-order valence-corrected chi connectivity index (χ4v) is 0.820. The van der Waals surface area contributed by atoms with Gasteiger partial charge >= 0.3 is 0 Å². The van der Waals surface area contributed by atoms with Gasteiger partial charge in [-0.2, -0.15) is 0 Å². The minimum Gasteiger partial charge on any atom is -0.264 e. The normalized spacial score (nSPS) is 9.38. The maximum absolute atomic E-state index is 12.0. The molecule has 0 radical (unpaired) electrons. The van der Waals surface area contributed by atoms with E-state index in [0.717, 1.165) is 12.0 Å². The molecule has 1 nitrogen and oxygen atoms in total. The second-order valence-electron chi connectivity index (χ2n) is 2.28. The molecule has 0 atom stereocenters. The number of halogens is 2. The van der Waals surface area contributed by atoms with Crippen molar-refractivity contribution in [1.29, 1.82) is 0 Å². The van der Waals surface area contributed by atoms with Gasteiger partial charge in [0.05, 0.1) is 0 Å². The summed E-state index contributed by atoms with van der Waals surface area (Å²) in [6.45, 7) is 5.91. The van der Waals surface area contributed by atoms with Gasteiger partial charge in [-0.3, -0.25) is 4.98 Å². The Morgan fingerprint density at radius 2 is 1.92 bits per heavy atom. The summed E-state index contributed by atoms with van der Waals surface area (Å²) in [6.07, 6.45) is 1.14. The largest absolute Gasteiger partial charge is 0.265 e. The summed E-state index contributed by atoms with van der Waals surface area (Å²) in [4.78, 5) is 3.70. The maximum atomic E-state index is 12.0. The van der Waals surface area contributed by atoms with Crippen molar-refractivity contribution in [3.63, 3.8) is 0 Å². The molecule has 0 N–H and O–H groups in total. The molecule has 1 heterocycles. The molecule has 0 aliphatic rings. The van der Waals surface area contributed by atoms with Crippen LogP contribution in [-0.2, 0) is 6.42 Å². The maximum Gasteiger partial charge on any atom is 0.265 e. The molecular formula is C10H15F2N. The van der Waals surface area contributed by atoms with Gasteiger partial charge < -0.3 is 0 Å². The van der Waals surface area contributed by atoms with Crippen molar-refractivity contribution < 1.29 is 8.78 Å². The fourth-order valence-electron chi connectivity index (χ4n) is 0.820. The Labute approximate surface area is 77.8 Å². The first-order valence-electron chi connectivity index (χ1n) is 4.46. The number of aryl methyl sites for hydroxylation is 1. The topological polar surface area (TPSA) is 12.9 Å². The average Bonchev–Trinajstić information content (AvgIpc) is 2.21. The van der Waals surface area contributed by atoms with Gasteiger partial charge in [0.15, 0.2) is 0 Å². The lowest BCUT2D eigenvalue weighted by Crippen LogP contribution is -1.89. The van der Waals surface area contributed by atoms with Crippen molar-refractivity contribution in [2.75, 3.05) is 0 Å². The van der Waals surface area contributed by atoms with Crippen LogP contribution in [0.3, 0.4) is 0 Å². The molecule has 0 bridgehead atoms. The van der Waals surface area contributed by atoms with Gasteiger partial charge in [-0.1, -0.05) is 20.8 Å². The molecule has 0 spiro atoms. The standard InChI is InChI=1S/C8H9F2N.C2H6/c1-2-6-3-7(8(9)10)5-11-4-6;1-2/h3-5,8H,2H2,1H3;1-2H3. The van der Waals surface area contributed by atoms with Crippen LogP contribution in [0, 0.1) is 0 Å². The quantitative estimate of drug-likeness (QED) is 0.689. The van der Waals surface area contributed by atoms with Crippen molar-refractivity contribution >= 4 is 0 Å². The number of hydrogen-bond donors (Lipinski definition) is 0. The van der Waals surface area contributed by atoms with Crippen LogP contribution in [0.5, 0.6) is 0 Å². The van der Waals surface area contributed by atoms with Gasteiger partial charge in [0.2, 0.25) is 0 Å². The van der Waals surface area contributed by atoms with Crippen molar-refractivity contribution in [2.45, 2.75) is 33.6 Å². The number of pyridine rings is 1. The van der Waals surface area contributed by atoms with Crippen molar-refractivity contribution in [3.8, 4) is 0 Å². The molecule has 0 aliphatic carbocycles. The van der Waals surface area contributed by atoms with E-state index in [2.05, 4.69) is 4.98 Å². The van der Waals surface area contributed by atoms with E-state index in [4.69, 9.17) is 0 Å². The van der Waals surface area contributed by atoms with Crippen LogP contribution >= 0.6 is 0 Å². The Kier molecular flexibility index (Phi) is 6.02. The molecule has 1 rings (SSSR count). The van der Waals surface area contributed by atoms with Gasteiger partial charge in [-0.15, -0.1) is 0 Å². The van der Waals surface area contributed by atoms with E-state index in [1.54, 1.807) is 6.20 Å². The third-order valence-electron chi connectivity index (χ3n) is 1.48. The Morgan fingerprint density at radius 1 is 1.31 bits per heavy atom. The predicted octanol–water partition coefficient (Wildman–Crippen LogP) is 3.61. The van der Waals surface area contributed by atoms with Crippen molar-refractivity contribution in [1.82, 2.24) is 4.98 Å². The molecule has 1 aromatic heterocycles. The average molecular weight is 187 g/mol. The van der Waals surface area contributed by atoms with E-state index >= 15 is 0 Å². The van der Waals surface area contributed by atoms with E-state index in [-0.39, 0.29) is 5.56 Å². The summed E-state index contributed by atoms with van der Waals surface area (Å²) in [6, 6.07) is 1.48. The second kappa shape index (κ2) is 6.52. The van der Waals surface area contributed by atoms with Crippen LogP contribution in [0.1, 0.15) is 38.3 Å². The number of hydrogen-bond acceptors (Lipinski definition) is 1. The van der Waals surface area contributed by atoms with Gasteiger partial charge in [0.25, 0.3) is 6.43 Å². The summed E-state index contributed by atoms with van der Waals surface area (Å²) < 4.78 is 24.1. The Bertz CT molecular complexity index is 236. The first-order chi connectivity index (χ1) is 6.24. The Balaban J connectivity index is 0.000000671. The van der Waals surface area contributed by atoms with E-state index in [0.29, 0.717) is 0 Å². The van der Waals surface area contributed by atoms with E-state index < -0.39 is 6.43 Å². The van der Waals surface area contributed by atoms with Gasteiger partial charge in [0, 0.05) is 18.0 Å². The fraction of sp³-hybridized carbons (Fsp3) is 0.500. The summed E-state index contributed by atoms with van der Waals surface area (Å²) in [5.74, 6) is 0. The highest BCUT2D eigenvalue weighted by Gasteiger charge is 2.06. The highest BCUT2D eigenvalue weighted by Crippen LogP contribution is 2.18. The predicted molar refractivity (Wildman–Crippen MR) is 49.9 cm³/mol. The number of nitrogens with zero attached hydrogens (tertiary/aromatic N) is 1. The molecular weight excluding hydrogens is 172 g/mol. The van der Waals surface area contributed by atoms with Crippen LogP contribution in [0.15, 0.2) is 18.5 Å². The third-order valence-corrected chi connectivity index (χ3v) is 1.48. The summed E-state index contributed by atoms with van der Waals surface area (Å²) in [5, 5.41) is 0. The van der Waals surface area contributed by atoms with Crippen LogP contribution < -0.4 is 0 Å². The highest BCUT2D eigenvalue weighted by molar-refractivity contribution is 5.18. The zero-order chi connectivity index (χ0) is 10.3. The molecule has 74 valence electrons. The van der Waals surface area contributed by atoms with E-state index in [1.807, 2.05) is 20.8 Å². The van der Waals surface area contributed by atoms with E-state index in [9.17, 15) is 8.78 Å². The molecule has 0 aliphatic heterocycles. The zero-order valence-corrected chi connectivity index (χ0v) is 8.22. The summed E-state index contributed by atoms with van der Waals surface area (Å²) in [5.41, 5.74) is 0.854. The second-order valence-corrected chi connectivity index (χ2v) is 2.28.